The van der Waals surface area contributed by atoms with Gasteiger partial charge in [0.15, 0.2) is 0 Å². The van der Waals surface area contributed by atoms with Crippen LogP contribution in [-0.2, 0) is 0 Å². The van der Waals surface area contributed by atoms with E-state index < -0.39 is 0 Å². The lowest BCUT2D eigenvalue weighted by atomic mass is 9.98. The van der Waals surface area contributed by atoms with Crippen LogP contribution in [0.4, 0.5) is 0 Å². The van der Waals surface area contributed by atoms with Gasteiger partial charge in [-0.05, 0) is 64.0 Å². The van der Waals surface area contributed by atoms with Crippen molar-refractivity contribution in [1.29, 1.82) is 0 Å². The highest BCUT2D eigenvalue weighted by molar-refractivity contribution is 7.26. The summed E-state index contributed by atoms with van der Waals surface area (Å²) in [6.07, 6.45) is 0. The van der Waals surface area contributed by atoms with Crippen LogP contribution in [0.3, 0.4) is 0 Å². The van der Waals surface area contributed by atoms with Gasteiger partial charge in [-0.2, -0.15) is 0 Å². The number of fused-ring (bicyclic) bond motifs is 9. The molecule has 9 aromatic rings. The van der Waals surface area contributed by atoms with Gasteiger partial charge in [0.2, 0.25) is 0 Å². The van der Waals surface area contributed by atoms with E-state index in [9.17, 15) is 0 Å². The normalized spacial score (nSPS) is 11.8. The van der Waals surface area contributed by atoms with Crippen LogP contribution in [-0.4, -0.2) is 4.57 Å². The van der Waals surface area contributed by atoms with E-state index in [4.69, 9.17) is 0 Å². The fourth-order valence-corrected chi connectivity index (χ4v) is 7.93. The van der Waals surface area contributed by atoms with E-state index in [1.165, 1.54) is 80.7 Å². The SMILES string of the molecule is c1ccc(-c2cc(-c3ccccc3)cc(-n3c4ccccc4c4c5c(ccc6c7ccccc7sc65)ccc43)c2)cc1. The van der Waals surface area contributed by atoms with Crippen molar-refractivity contribution >= 4 is 64.1 Å². The average molecular weight is 552 g/mol. The van der Waals surface area contributed by atoms with Gasteiger partial charge in [0, 0.05) is 42.0 Å². The number of aromatic nitrogens is 1. The molecule has 0 saturated carbocycles. The van der Waals surface area contributed by atoms with Crippen molar-refractivity contribution in [3.63, 3.8) is 0 Å². The first-order valence-corrected chi connectivity index (χ1v) is 15.2. The predicted molar refractivity (Wildman–Crippen MR) is 182 cm³/mol. The Balaban J connectivity index is 1.42. The number of benzene rings is 7. The highest BCUT2D eigenvalue weighted by Gasteiger charge is 2.19. The number of rotatable bonds is 3. The summed E-state index contributed by atoms with van der Waals surface area (Å²) in [5, 5.41) is 7.92. The largest absolute Gasteiger partial charge is 0.309 e. The lowest BCUT2D eigenvalue weighted by Crippen LogP contribution is -1.96. The van der Waals surface area contributed by atoms with E-state index in [0.29, 0.717) is 0 Å². The lowest BCUT2D eigenvalue weighted by molar-refractivity contribution is 1.18. The standard InChI is InChI=1S/C40H25NS/c1-3-11-26(12-4-1)29-23-30(27-13-5-2-6-14-27)25-31(24-29)41-35-17-9-7-16-34(35)39-36(41)22-20-28-19-21-33-32-15-8-10-18-37(32)42-40(33)38(28)39/h1-25H. The molecule has 0 unspecified atom stereocenters. The van der Waals surface area contributed by atoms with E-state index in [1.54, 1.807) is 0 Å². The summed E-state index contributed by atoms with van der Waals surface area (Å²) in [6.45, 7) is 0. The fourth-order valence-electron chi connectivity index (χ4n) is 6.66. The van der Waals surface area contributed by atoms with Crippen LogP contribution >= 0.6 is 11.3 Å². The molecule has 0 atom stereocenters. The molecule has 0 spiro atoms. The molecule has 0 bridgehead atoms. The van der Waals surface area contributed by atoms with Gasteiger partial charge in [-0.1, -0.05) is 115 Å². The van der Waals surface area contributed by atoms with Gasteiger partial charge < -0.3 is 4.57 Å². The topological polar surface area (TPSA) is 4.93 Å². The highest BCUT2D eigenvalue weighted by atomic mass is 32.1. The summed E-state index contributed by atoms with van der Waals surface area (Å²) in [5.41, 5.74) is 8.49. The van der Waals surface area contributed by atoms with Gasteiger partial charge in [-0.15, -0.1) is 11.3 Å². The van der Waals surface area contributed by atoms with Crippen molar-refractivity contribution in [2.24, 2.45) is 0 Å². The number of nitrogens with zero attached hydrogens (tertiary/aromatic N) is 1. The van der Waals surface area contributed by atoms with E-state index in [1.807, 2.05) is 11.3 Å². The molecule has 0 aliphatic rings. The minimum Gasteiger partial charge on any atom is -0.309 e. The molecule has 0 radical (unpaired) electrons. The maximum atomic E-state index is 2.47. The first-order valence-electron chi connectivity index (χ1n) is 14.4. The quantitative estimate of drug-likeness (QED) is 0.206. The Morgan fingerprint density at radius 3 is 1.76 bits per heavy atom. The second kappa shape index (κ2) is 9.17. The van der Waals surface area contributed by atoms with Gasteiger partial charge in [0.25, 0.3) is 0 Å². The van der Waals surface area contributed by atoms with E-state index >= 15 is 0 Å². The maximum Gasteiger partial charge on any atom is 0.0548 e. The molecule has 196 valence electrons. The minimum absolute atomic E-state index is 1.17. The van der Waals surface area contributed by atoms with Crippen molar-refractivity contribution in [1.82, 2.24) is 4.57 Å². The zero-order valence-electron chi connectivity index (χ0n) is 22.8. The highest BCUT2D eigenvalue weighted by Crippen LogP contribution is 2.44. The molecule has 0 aliphatic carbocycles. The fraction of sp³-hybridized carbons (Fsp3) is 0. The van der Waals surface area contributed by atoms with Crippen molar-refractivity contribution in [2.75, 3.05) is 0 Å². The summed E-state index contributed by atoms with van der Waals surface area (Å²) < 4.78 is 5.17. The Morgan fingerprint density at radius 1 is 0.405 bits per heavy atom. The molecule has 0 aliphatic heterocycles. The first-order chi connectivity index (χ1) is 20.8. The molecule has 0 fully saturated rings. The smallest absolute Gasteiger partial charge is 0.0548 e. The van der Waals surface area contributed by atoms with Crippen LogP contribution < -0.4 is 0 Å². The van der Waals surface area contributed by atoms with Crippen LogP contribution in [0.1, 0.15) is 0 Å². The molecule has 2 heteroatoms. The Kier molecular flexibility index (Phi) is 5.13. The molecule has 2 heterocycles. The molecule has 0 N–H and O–H groups in total. The third kappa shape index (κ3) is 3.49. The van der Waals surface area contributed by atoms with E-state index in [2.05, 4.69) is 156 Å². The van der Waals surface area contributed by atoms with Crippen LogP contribution in [0, 0.1) is 0 Å². The Morgan fingerprint density at radius 2 is 1.02 bits per heavy atom. The van der Waals surface area contributed by atoms with Crippen LogP contribution in [0.5, 0.6) is 0 Å². The molecule has 2 aromatic heterocycles. The number of para-hydroxylation sites is 1. The number of hydrogen-bond acceptors (Lipinski definition) is 1. The number of hydrogen-bond donors (Lipinski definition) is 0. The lowest BCUT2D eigenvalue weighted by Gasteiger charge is -2.14. The predicted octanol–water partition coefficient (Wildman–Crippen LogP) is 11.6. The molecular weight excluding hydrogens is 527 g/mol. The summed E-state index contributed by atoms with van der Waals surface area (Å²) in [6, 6.07) is 55.3. The zero-order valence-corrected chi connectivity index (χ0v) is 23.6. The molecule has 9 rings (SSSR count). The second-order valence-corrected chi connectivity index (χ2v) is 12.0. The third-order valence-corrected chi connectivity index (χ3v) is 9.76. The van der Waals surface area contributed by atoms with Crippen molar-refractivity contribution in [3.05, 3.63) is 152 Å². The van der Waals surface area contributed by atoms with Crippen molar-refractivity contribution in [3.8, 4) is 27.9 Å². The minimum atomic E-state index is 1.17. The summed E-state index contributed by atoms with van der Waals surface area (Å²) in [5.74, 6) is 0. The molecule has 1 nitrogen and oxygen atoms in total. The van der Waals surface area contributed by atoms with Gasteiger partial charge in [0.1, 0.15) is 0 Å². The van der Waals surface area contributed by atoms with Gasteiger partial charge >= 0.3 is 0 Å². The van der Waals surface area contributed by atoms with Crippen molar-refractivity contribution < 1.29 is 0 Å². The molecular formula is C40H25NS. The monoisotopic (exact) mass is 551 g/mol. The van der Waals surface area contributed by atoms with Gasteiger partial charge in [-0.3, -0.25) is 0 Å². The summed E-state index contributed by atoms with van der Waals surface area (Å²) >= 11 is 1.91. The van der Waals surface area contributed by atoms with Gasteiger partial charge in [-0.25, -0.2) is 0 Å². The molecule has 0 saturated heterocycles. The van der Waals surface area contributed by atoms with Crippen LogP contribution in [0.15, 0.2) is 152 Å². The first kappa shape index (κ1) is 23.5. The van der Waals surface area contributed by atoms with Crippen LogP contribution in [0.2, 0.25) is 0 Å². The molecule has 0 amide bonds. The zero-order chi connectivity index (χ0) is 27.6. The second-order valence-electron chi connectivity index (χ2n) is 11.0. The van der Waals surface area contributed by atoms with E-state index in [-0.39, 0.29) is 0 Å². The third-order valence-electron chi connectivity index (χ3n) is 8.55. The Labute approximate surface area is 247 Å². The van der Waals surface area contributed by atoms with Crippen LogP contribution in [0.25, 0.3) is 80.7 Å². The Hall–Kier alpha value is -5.18. The Bertz CT molecular complexity index is 2390. The van der Waals surface area contributed by atoms with E-state index in [0.717, 1.165) is 0 Å². The number of thiophene rings is 1. The average Bonchev–Trinajstić information content (AvgIpc) is 3.61. The van der Waals surface area contributed by atoms with Gasteiger partial charge in [0.05, 0.1) is 11.0 Å². The van der Waals surface area contributed by atoms with Crippen molar-refractivity contribution in [2.45, 2.75) is 0 Å². The molecule has 42 heavy (non-hydrogen) atoms. The summed E-state index contributed by atoms with van der Waals surface area (Å²) in [7, 11) is 0. The maximum absolute atomic E-state index is 2.47. The summed E-state index contributed by atoms with van der Waals surface area (Å²) in [4.78, 5) is 0. The molecule has 7 aromatic carbocycles.